The second-order valence-corrected chi connectivity index (χ2v) is 6.16. The Morgan fingerprint density at radius 2 is 2.06 bits per heavy atom. The predicted molar refractivity (Wildman–Crippen MR) is 78.0 cm³/mol. The fraction of sp³-hybridized carbons (Fsp3) is 0.786. The quantitative estimate of drug-likeness (QED) is 0.823. The summed E-state index contributed by atoms with van der Waals surface area (Å²) < 4.78 is 0. The van der Waals surface area contributed by atoms with Gasteiger partial charge in [-0.2, -0.15) is 0 Å². The Hall–Kier alpha value is -0.450. The van der Waals surface area contributed by atoms with Gasteiger partial charge < -0.3 is 5.32 Å². The standard InChI is InChI=1S/C14H25N3S/c1-3-7-12-13(10-15-4-2)18-14(16-12)11-17-8-5-6-9-17/h15H,3-11H2,1-2H3. The maximum absolute atomic E-state index is 4.85. The lowest BCUT2D eigenvalue weighted by molar-refractivity contribution is 0.330. The summed E-state index contributed by atoms with van der Waals surface area (Å²) in [5.74, 6) is 0. The van der Waals surface area contributed by atoms with Crippen LogP contribution in [0.3, 0.4) is 0 Å². The predicted octanol–water partition coefficient (Wildman–Crippen LogP) is 2.80. The molecule has 0 radical (unpaired) electrons. The zero-order chi connectivity index (χ0) is 12.8. The van der Waals surface area contributed by atoms with Crippen LogP contribution in [-0.4, -0.2) is 29.5 Å². The number of hydrogen-bond donors (Lipinski definition) is 1. The van der Waals surface area contributed by atoms with Gasteiger partial charge in [-0.3, -0.25) is 4.90 Å². The van der Waals surface area contributed by atoms with E-state index in [0.29, 0.717) is 0 Å². The van der Waals surface area contributed by atoms with E-state index in [1.807, 2.05) is 11.3 Å². The van der Waals surface area contributed by atoms with Crippen LogP contribution in [0.2, 0.25) is 0 Å². The molecule has 0 bridgehead atoms. The van der Waals surface area contributed by atoms with Crippen molar-refractivity contribution >= 4 is 11.3 Å². The average Bonchev–Trinajstić information content (AvgIpc) is 2.98. The smallest absolute Gasteiger partial charge is 0.107 e. The van der Waals surface area contributed by atoms with Crippen molar-refractivity contribution in [3.8, 4) is 0 Å². The summed E-state index contributed by atoms with van der Waals surface area (Å²) in [6.45, 7) is 9.99. The second kappa shape index (κ2) is 7.22. The van der Waals surface area contributed by atoms with Crippen molar-refractivity contribution in [3.05, 3.63) is 15.6 Å². The third-order valence-corrected chi connectivity index (χ3v) is 4.48. The highest BCUT2D eigenvalue weighted by atomic mass is 32.1. The Balaban J connectivity index is 2.00. The molecule has 1 aliphatic heterocycles. The Bertz CT molecular complexity index is 356. The molecule has 0 amide bonds. The van der Waals surface area contributed by atoms with Crippen molar-refractivity contribution in [1.29, 1.82) is 0 Å². The summed E-state index contributed by atoms with van der Waals surface area (Å²) in [7, 11) is 0. The zero-order valence-electron chi connectivity index (χ0n) is 11.7. The van der Waals surface area contributed by atoms with E-state index < -0.39 is 0 Å². The first-order valence-corrected chi connectivity index (χ1v) is 8.05. The molecule has 0 saturated carbocycles. The first-order valence-electron chi connectivity index (χ1n) is 7.24. The van der Waals surface area contributed by atoms with Crippen molar-refractivity contribution in [1.82, 2.24) is 15.2 Å². The summed E-state index contributed by atoms with van der Waals surface area (Å²) in [6, 6.07) is 0. The van der Waals surface area contributed by atoms with Gasteiger partial charge in [0.2, 0.25) is 0 Å². The molecule has 1 aromatic rings. The summed E-state index contributed by atoms with van der Waals surface area (Å²) in [5, 5.41) is 4.74. The van der Waals surface area contributed by atoms with Gasteiger partial charge >= 0.3 is 0 Å². The summed E-state index contributed by atoms with van der Waals surface area (Å²) in [6.07, 6.45) is 5.03. The number of aryl methyl sites for hydroxylation is 1. The molecule has 2 heterocycles. The van der Waals surface area contributed by atoms with Gasteiger partial charge in [0, 0.05) is 11.4 Å². The van der Waals surface area contributed by atoms with Crippen LogP contribution in [0, 0.1) is 0 Å². The molecular weight excluding hydrogens is 242 g/mol. The van der Waals surface area contributed by atoms with Crippen LogP contribution in [0.5, 0.6) is 0 Å². The van der Waals surface area contributed by atoms with E-state index in [1.54, 1.807) is 0 Å². The van der Waals surface area contributed by atoms with Crippen molar-refractivity contribution in [2.45, 2.75) is 52.6 Å². The number of thiazole rings is 1. The lowest BCUT2D eigenvalue weighted by atomic mass is 10.2. The van der Waals surface area contributed by atoms with E-state index in [1.165, 1.54) is 47.9 Å². The molecule has 3 nitrogen and oxygen atoms in total. The summed E-state index contributed by atoms with van der Waals surface area (Å²) in [4.78, 5) is 8.84. The molecule has 102 valence electrons. The lowest BCUT2D eigenvalue weighted by Crippen LogP contribution is -2.18. The minimum Gasteiger partial charge on any atom is -0.312 e. The van der Waals surface area contributed by atoms with Crippen molar-refractivity contribution in [2.24, 2.45) is 0 Å². The first-order chi connectivity index (χ1) is 8.83. The molecule has 0 spiro atoms. The van der Waals surface area contributed by atoms with E-state index in [0.717, 1.165) is 26.1 Å². The highest BCUT2D eigenvalue weighted by molar-refractivity contribution is 7.11. The monoisotopic (exact) mass is 267 g/mol. The SMILES string of the molecule is CCCc1nc(CN2CCCC2)sc1CNCC. The molecule has 0 atom stereocenters. The highest BCUT2D eigenvalue weighted by Gasteiger charge is 2.16. The van der Waals surface area contributed by atoms with Crippen LogP contribution in [0.4, 0.5) is 0 Å². The Morgan fingerprint density at radius 1 is 1.28 bits per heavy atom. The van der Waals surface area contributed by atoms with Crippen molar-refractivity contribution in [2.75, 3.05) is 19.6 Å². The van der Waals surface area contributed by atoms with Gasteiger partial charge in [0.25, 0.3) is 0 Å². The van der Waals surface area contributed by atoms with Crippen molar-refractivity contribution in [3.63, 3.8) is 0 Å². The van der Waals surface area contributed by atoms with E-state index in [-0.39, 0.29) is 0 Å². The highest BCUT2D eigenvalue weighted by Crippen LogP contribution is 2.22. The Morgan fingerprint density at radius 3 is 2.72 bits per heavy atom. The largest absolute Gasteiger partial charge is 0.312 e. The molecular formula is C14H25N3S. The van der Waals surface area contributed by atoms with Gasteiger partial charge in [-0.1, -0.05) is 20.3 Å². The van der Waals surface area contributed by atoms with Crippen LogP contribution in [0.1, 0.15) is 48.7 Å². The molecule has 0 aromatic carbocycles. The summed E-state index contributed by atoms with van der Waals surface area (Å²) >= 11 is 1.91. The molecule has 4 heteroatoms. The van der Waals surface area contributed by atoms with Crippen LogP contribution in [0.25, 0.3) is 0 Å². The molecule has 18 heavy (non-hydrogen) atoms. The fourth-order valence-electron chi connectivity index (χ4n) is 2.45. The minimum atomic E-state index is 0.990. The number of hydrogen-bond acceptors (Lipinski definition) is 4. The van der Waals surface area contributed by atoms with Crippen LogP contribution in [0.15, 0.2) is 0 Å². The van der Waals surface area contributed by atoms with Gasteiger partial charge in [-0.05, 0) is 38.9 Å². The van der Waals surface area contributed by atoms with Crippen LogP contribution >= 0.6 is 11.3 Å². The Kier molecular flexibility index (Phi) is 5.60. The number of nitrogens with zero attached hydrogens (tertiary/aromatic N) is 2. The van der Waals surface area contributed by atoms with Crippen molar-refractivity contribution < 1.29 is 0 Å². The number of aromatic nitrogens is 1. The van der Waals surface area contributed by atoms with Gasteiger partial charge in [0.15, 0.2) is 0 Å². The van der Waals surface area contributed by atoms with E-state index >= 15 is 0 Å². The first kappa shape index (κ1) is 14.0. The zero-order valence-corrected chi connectivity index (χ0v) is 12.5. The summed E-state index contributed by atoms with van der Waals surface area (Å²) in [5.41, 5.74) is 1.33. The molecule has 2 rings (SSSR count). The molecule has 1 aromatic heterocycles. The Labute approximate surface area is 115 Å². The van der Waals surface area contributed by atoms with Gasteiger partial charge in [0.05, 0.1) is 12.2 Å². The second-order valence-electron chi connectivity index (χ2n) is 4.99. The molecule has 1 fully saturated rings. The number of rotatable bonds is 7. The normalized spacial score (nSPS) is 16.6. The molecule has 0 unspecified atom stereocenters. The number of nitrogens with one attached hydrogen (secondary N) is 1. The fourth-order valence-corrected chi connectivity index (χ4v) is 3.57. The topological polar surface area (TPSA) is 28.2 Å². The van der Waals surface area contributed by atoms with Crippen LogP contribution < -0.4 is 5.32 Å². The third kappa shape index (κ3) is 3.77. The average molecular weight is 267 g/mol. The lowest BCUT2D eigenvalue weighted by Gasteiger charge is -2.11. The number of likely N-dealkylation sites (tertiary alicyclic amines) is 1. The molecule has 1 aliphatic rings. The molecule has 1 saturated heterocycles. The molecule has 1 N–H and O–H groups in total. The van der Waals surface area contributed by atoms with E-state index in [2.05, 4.69) is 24.1 Å². The van der Waals surface area contributed by atoms with Crippen LogP contribution in [-0.2, 0) is 19.5 Å². The third-order valence-electron chi connectivity index (χ3n) is 3.40. The maximum Gasteiger partial charge on any atom is 0.107 e. The van der Waals surface area contributed by atoms with E-state index in [9.17, 15) is 0 Å². The van der Waals surface area contributed by atoms with E-state index in [4.69, 9.17) is 4.98 Å². The minimum absolute atomic E-state index is 0.990. The van der Waals surface area contributed by atoms with Gasteiger partial charge in [0.1, 0.15) is 5.01 Å². The molecule has 0 aliphatic carbocycles. The van der Waals surface area contributed by atoms with Gasteiger partial charge in [-0.15, -0.1) is 11.3 Å². The maximum atomic E-state index is 4.85. The van der Waals surface area contributed by atoms with Gasteiger partial charge in [-0.25, -0.2) is 4.98 Å².